The maximum Gasteiger partial charge on any atom is 0.411 e. The van der Waals surface area contributed by atoms with E-state index in [1.807, 2.05) is 0 Å². The average Bonchev–Trinajstić information content (AvgIpc) is 2.44. The van der Waals surface area contributed by atoms with E-state index in [9.17, 15) is 22.8 Å². The number of esters is 1. The monoisotopic (exact) mass is 325 g/mol. The highest BCUT2D eigenvalue weighted by Gasteiger charge is 2.43. The normalized spacial score (nSPS) is 25.6. The Kier molecular flexibility index (Phi) is 6.65. The van der Waals surface area contributed by atoms with Crippen molar-refractivity contribution in [1.29, 1.82) is 0 Å². The Morgan fingerprint density at radius 3 is 2.36 bits per heavy atom. The summed E-state index contributed by atoms with van der Waals surface area (Å²) in [5.41, 5.74) is -1.07. The SMILES string of the molecule is COC(=O)C1(NC(=O)CCOCC(F)(F)F)CCC(C)CC1. The number of hydrogen-bond donors (Lipinski definition) is 1. The second-order valence-corrected chi connectivity index (χ2v) is 5.72. The fourth-order valence-electron chi connectivity index (χ4n) is 2.51. The standard InChI is InChI=1S/C14H22F3NO4/c1-10-3-6-13(7-4-10,12(20)21-2)18-11(19)5-8-22-9-14(15,16)17/h10H,3-9H2,1-2H3,(H,18,19). The summed E-state index contributed by atoms with van der Waals surface area (Å²) in [6.07, 6.45) is -2.15. The van der Waals surface area contributed by atoms with Crippen LogP contribution in [0.15, 0.2) is 0 Å². The van der Waals surface area contributed by atoms with E-state index in [-0.39, 0.29) is 13.0 Å². The number of methoxy groups -OCH3 is 1. The molecule has 0 aliphatic heterocycles. The molecule has 0 radical (unpaired) electrons. The molecule has 1 aliphatic rings. The zero-order chi connectivity index (χ0) is 16.8. The fraction of sp³-hybridized carbons (Fsp3) is 0.857. The second-order valence-electron chi connectivity index (χ2n) is 5.72. The number of nitrogens with one attached hydrogen (secondary N) is 1. The van der Waals surface area contributed by atoms with E-state index in [1.54, 1.807) is 0 Å². The van der Waals surface area contributed by atoms with Crippen LogP contribution >= 0.6 is 0 Å². The van der Waals surface area contributed by atoms with Crippen molar-refractivity contribution in [3.63, 3.8) is 0 Å². The van der Waals surface area contributed by atoms with Gasteiger partial charge in [0.1, 0.15) is 12.1 Å². The third-order valence-corrected chi connectivity index (χ3v) is 3.82. The van der Waals surface area contributed by atoms with Crippen LogP contribution in [0.2, 0.25) is 0 Å². The summed E-state index contributed by atoms with van der Waals surface area (Å²) in [6.45, 7) is 0.326. The summed E-state index contributed by atoms with van der Waals surface area (Å²) in [5.74, 6) is -0.559. The molecule has 0 atom stereocenters. The molecule has 0 unspecified atom stereocenters. The number of carbonyl (C=O) groups excluding carboxylic acids is 2. The Hall–Kier alpha value is -1.31. The second kappa shape index (κ2) is 7.80. The van der Waals surface area contributed by atoms with Gasteiger partial charge in [-0.05, 0) is 31.6 Å². The Morgan fingerprint density at radius 2 is 1.86 bits per heavy atom. The Labute approximate surface area is 127 Å². The number of rotatable bonds is 6. The zero-order valence-electron chi connectivity index (χ0n) is 12.8. The number of alkyl halides is 3. The summed E-state index contributed by atoms with van der Waals surface area (Å²) in [6, 6.07) is 0. The molecular formula is C14H22F3NO4. The topological polar surface area (TPSA) is 64.6 Å². The molecule has 1 rings (SSSR count). The summed E-state index contributed by atoms with van der Waals surface area (Å²) in [4.78, 5) is 23.8. The molecule has 1 amide bonds. The van der Waals surface area contributed by atoms with Crippen molar-refractivity contribution in [2.45, 2.75) is 50.7 Å². The van der Waals surface area contributed by atoms with Gasteiger partial charge in [0.15, 0.2) is 0 Å². The molecule has 0 spiro atoms. The van der Waals surface area contributed by atoms with Crippen molar-refractivity contribution in [2.75, 3.05) is 20.3 Å². The highest BCUT2D eigenvalue weighted by Crippen LogP contribution is 2.33. The van der Waals surface area contributed by atoms with Crippen molar-refractivity contribution >= 4 is 11.9 Å². The lowest BCUT2D eigenvalue weighted by Crippen LogP contribution is -2.56. The molecule has 5 nitrogen and oxygen atoms in total. The van der Waals surface area contributed by atoms with Crippen LogP contribution in [0, 0.1) is 5.92 Å². The van der Waals surface area contributed by atoms with Crippen LogP contribution in [0.5, 0.6) is 0 Å². The maximum atomic E-state index is 12.0. The van der Waals surface area contributed by atoms with Crippen LogP contribution in [0.1, 0.15) is 39.0 Å². The first kappa shape index (κ1) is 18.7. The van der Waals surface area contributed by atoms with E-state index in [2.05, 4.69) is 17.0 Å². The molecule has 128 valence electrons. The first-order chi connectivity index (χ1) is 10.2. The molecule has 1 saturated carbocycles. The summed E-state index contributed by atoms with van der Waals surface area (Å²) in [5, 5.41) is 2.63. The van der Waals surface area contributed by atoms with Crippen molar-refractivity contribution in [3.8, 4) is 0 Å². The number of amides is 1. The summed E-state index contributed by atoms with van der Waals surface area (Å²) >= 11 is 0. The molecule has 1 fully saturated rings. The molecule has 0 aromatic rings. The molecular weight excluding hydrogens is 303 g/mol. The van der Waals surface area contributed by atoms with Crippen molar-refractivity contribution in [3.05, 3.63) is 0 Å². The molecule has 0 heterocycles. The smallest absolute Gasteiger partial charge is 0.411 e. The van der Waals surface area contributed by atoms with Gasteiger partial charge in [-0.3, -0.25) is 4.79 Å². The minimum atomic E-state index is -4.41. The highest BCUT2D eigenvalue weighted by atomic mass is 19.4. The zero-order valence-corrected chi connectivity index (χ0v) is 12.8. The predicted molar refractivity (Wildman–Crippen MR) is 72.0 cm³/mol. The Balaban J connectivity index is 2.49. The van der Waals surface area contributed by atoms with Gasteiger partial charge in [-0.25, -0.2) is 4.79 Å². The molecule has 1 aliphatic carbocycles. The predicted octanol–water partition coefficient (Wildman–Crippen LogP) is 2.19. The van der Waals surface area contributed by atoms with Crippen molar-refractivity contribution in [2.24, 2.45) is 5.92 Å². The quantitative estimate of drug-likeness (QED) is 0.601. The lowest BCUT2D eigenvalue weighted by atomic mass is 9.77. The molecule has 22 heavy (non-hydrogen) atoms. The van der Waals surface area contributed by atoms with Crippen LogP contribution in [-0.4, -0.2) is 43.9 Å². The van der Waals surface area contributed by atoms with E-state index >= 15 is 0 Å². The van der Waals surface area contributed by atoms with Gasteiger partial charge in [-0.1, -0.05) is 6.92 Å². The maximum absolute atomic E-state index is 12.0. The first-order valence-corrected chi connectivity index (χ1v) is 7.22. The molecule has 0 aromatic heterocycles. The minimum absolute atomic E-state index is 0.232. The number of hydrogen-bond acceptors (Lipinski definition) is 4. The van der Waals surface area contributed by atoms with Crippen LogP contribution in [-0.2, 0) is 19.1 Å². The van der Waals surface area contributed by atoms with Gasteiger partial charge < -0.3 is 14.8 Å². The lowest BCUT2D eigenvalue weighted by Gasteiger charge is -2.37. The van der Waals surface area contributed by atoms with Gasteiger partial charge in [0, 0.05) is 6.42 Å². The van der Waals surface area contributed by atoms with Crippen LogP contribution in [0.3, 0.4) is 0 Å². The summed E-state index contributed by atoms with van der Waals surface area (Å²) < 4.78 is 44.9. The van der Waals surface area contributed by atoms with Gasteiger partial charge in [0.05, 0.1) is 13.7 Å². The van der Waals surface area contributed by atoms with Crippen LogP contribution < -0.4 is 5.32 Å². The molecule has 0 aromatic carbocycles. The first-order valence-electron chi connectivity index (χ1n) is 7.22. The largest absolute Gasteiger partial charge is 0.467 e. The van der Waals surface area contributed by atoms with Crippen LogP contribution in [0.4, 0.5) is 13.2 Å². The minimum Gasteiger partial charge on any atom is -0.467 e. The van der Waals surface area contributed by atoms with E-state index in [0.717, 1.165) is 12.8 Å². The van der Waals surface area contributed by atoms with E-state index in [1.165, 1.54) is 7.11 Å². The number of halogens is 3. The van der Waals surface area contributed by atoms with E-state index in [4.69, 9.17) is 4.74 Å². The third kappa shape index (κ3) is 5.82. The third-order valence-electron chi connectivity index (χ3n) is 3.82. The summed E-state index contributed by atoms with van der Waals surface area (Å²) in [7, 11) is 1.25. The van der Waals surface area contributed by atoms with Gasteiger partial charge in [0.25, 0.3) is 0 Å². The average molecular weight is 325 g/mol. The van der Waals surface area contributed by atoms with Gasteiger partial charge in [-0.15, -0.1) is 0 Å². The molecule has 0 saturated heterocycles. The van der Waals surface area contributed by atoms with Gasteiger partial charge in [0.2, 0.25) is 5.91 Å². The van der Waals surface area contributed by atoms with Crippen molar-refractivity contribution < 1.29 is 32.2 Å². The Bertz CT molecular complexity index is 390. The van der Waals surface area contributed by atoms with Crippen molar-refractivity contribution in [1.82, 2.24) is 5.32 Å². The molecule has 0 bridgehead atoms. The lowest BCUT2D eigenvalue weighted by molar-refractivity contribution is -0.174. The Morgan fingerprint density at radius 1 is 1.27 bits per heavy atom. The fourth-order valence-corrected chi connectivity index (χ4v) is 2.51. The number of ether oxygens (including phenoxy) is 2. The van der Waals surface area contributed by atoms with E-state index < -0.39 is 30.2 Å². The van der Waals surface area contributed by atoms with Gasteiger partial charge in [-0.2, -0.15) is 13.2 Å². The molecule has 8 heteroatoms. The van der Waals surface area contributed by atoms with Crippen LogP contribution in [0.25, 0.3) is 0 Å². The highest BCUT2D eigenvalue weighted by molar-refractivity contribution is 5.88. The van der Waals surface area contributed by atoms with E-state index in [0.29, 0.717) is 18.8 Å². The van der Waals surface area contributed by atoms with Gasteiger partial charge >= 0.3 is 12.1 Å². The number of carbonyl (C=O) groups is 2. The molecule has 1 N–H and O–H groups in total.